The van der Waals surface area contributed by atoms with Crippen LogP contribution in [0.5, 0.6) is 0 Å². The predicted molar refractivity (Wildman–Crippen MR) is 66.6 cm³/mol. The van der Waals surface area contributed by atoms with Crippen molar-refractivity contribution in [1.29, 1.82) is 0 Å². The minimum absolute atomic E-state index is 0.126. The number of rotatable bonds is 10. The SMILES string of the molecule is CCCNC(C)(CO)CCCOCC1CC1. The summed E-state index contributed by atoms with van der Waals surface area (Å²) < 4.78 is 5.59. The van der Waals surface area contributed by atoms with Crippen LogP contribution in [0.15, 0.2) is 0 Å². The van der Waals surface area contributed by atoms with E-state index in [0.717, 1.165) is 44.9 Å². The van der Waals surface area contributed by atoms with Gasteiger partial charge in [0.2, 0.25) is 0 Å². The Labute approximate surface area is 99.6 Å². The zero-order valence-electron chi connectivity index (χ0n) is 10.8. The topological polar surface area (TPSA) is 41.5 Å². The lowest BCUT2D eigenvalue weighted by Gasteiger charge is -2.28. The third-order valence-corrected chi connectivity index (χ3v) is 3.22. The molecule has 2 N–H and O–H groups in total. The summed E-state index contributed by atoms with van der Waals surface area (Å²) in [5.41, 5.74) is -0.126. The Balaban J connectivity index is 2.01. The Hall–Kier alpha value is -0.120. The number of hydrogen-bond donors (Lipinski definition) is 2. The zero-order valence-corrected chi connectivity index (χ0v) is 10.8. The molecule has 0 aromatic heterocycles. The Bertz CT molecular complexity index is 183. The maximum atomic E-state index is 9.36. The summed E-state index contributed by atoms with van der Waals surface area (Å²) in [6.45, 7) is 7.18. The zero-order chi connectivity index (χ0) is 11.9. The van der Waals surface area contributed by atoms with Gasteiger partial charge < -0.3 is 15.2 Å². The molecule has 0 aromatic rings. The van der Waals surface area contributed by atoms with Crippen molar-refractivity contribution in [1.82, 2.24) is 5.32 Å². The van der Waals surface area contributed by atoms with E-state index in [9.17, 15) is 5.11 Å². The average molecular weight is 229 g/mol. The van der Waals surface area contributed by atoms with Gasteiger partial charge in [-0.25, -0.2) is 0 Å². The van der Waals surface area contributed by atoms with Gasteiger partial charge in [-0.3, -0.25) is 0 Å². The molecule has 1 aliphatic rings. The Kier molecular flexibility index (Phi) is 6.32. The van der Waals surface area contributed by atoms with Crippen LogP contribution in [-0.2, 0) is 4.74 Å². The molecule has 0 aliphatic heterocycles. The van der Waals surface area contributed by atoms with E-state index in [0.29, 0.717) is 0 Å². The quantitative estimate of drug-likeness (QED) is 0.563. The van der Waals surface area contributed by atoms with Gasteiger partial charge >= 0.3 is 0 Å². The second kappa shape index (κ2) is 7.25. The van der Waals surface area contributed by atoms with Crippen molar-refractivity contribution < 1.29 is 9.84 Å². The summed E-state index contributed by atoms with van der Waals surface area (Å²) in [6.07, 6.45) is 5.82. The molecule has 0 aromatic carbocycles. The average Bonchev–Trinajstić information content (AvgIpc) is 3.10. The van der Waals surface area contributed by atoms with Crippen molar-refractivity contribution in [2.24, 2.45) is 5.92 Å². The Morgan fingerprint density at radius 2 is 2.19 bits per heavy atom. The van der Waals surface area contributed by atoms with Gasteiger partial charge in [-0.1, -0.05) is 6.92 Å². The van der Waals surface area contributed by atoms with Crippen molar-refractivity contribution in [3.05, 3.63) is 0 Å². The van der Waals surface area contributed by atoms with Crippen molar-refractivity contribution in [3.63, 3.8) is 0 Å². The van der Waals surface area contributed by atoms with Gasteiger partial charge in [-0.05, 0) is 51.5 Å². The molecule has 0 spiro atoms. The van der Waals surface area contributed by atoms with Crippen LogP contribution in [-0.4, -0.2) is 37.0 Å². The van der Waals surface area contributed by atoms with Crippen molar-refractivity contribution in [2.45, 2.75) is 51.5 Å². The molecule has 1 unspecified atom stereocenters. The molecule has 0 saturated heterocycles. The molecular formula is C13H27NO2. The monoisotopic (exact) mass is 229 g/mol. The molecule has 96 valence electrons. The van der Waals surface area contributed by atoms with Crippen LogP contribution in [0.4, 0.5) is 0 Å². The van der Waals surface area contributed by atoms with E-state index in [-0.39, 0.29) is 12.1 Å². The first-order valence-corrected chi connectivity index (χ1v) is 6.64. The van der Waals surface area contributed by atoms with Gasteiger partial charge in [0, 0.05) is 18.8 Å². The van der Waals surface area contributed by atoms with E-state index >= 15 is 0 Å². The first-order chi connectivity index (χ1) is 7.70. The highest BCUT2D eigenvalue weighted by Gasteiger charge is 2.23. The molecule has 0 heterocycles. The number of aliphatic hydroxyl groups is 1. The first kappa shape index (κ1) is 13.9. The molecule has 1 saturated carbocycles. The Morgan fingerprint density at radius 3 is 2.75 bits per heavy atom. The van der Waals surface area contributed by atoms with Gasteiger partial charge in [-0.2, -0.15) is 0 Å². The van der Waals surface area contributed by atoms with Gasteiger partial charge in [-0.15, -0.1) is 0 Å². The van der Waals surface area contributed by atoms with Crippen LogP contribution in [0.3, 0.4) is 0 Å². The van der Waals surface area contributed by atoms with E-state index < -0.39 is 0 Å². The second-order valence-electron chi connectivity index (χ2n) is 5.27. The minimum atomic E-state index is -0.126. The molecule has 1 atom stereocenters. The molecule has 1 aliphatic carbocycles. The molecule has 0 radical (unpaired) electrons. The van der Waals surface area contributed by atoms with Crippen LogP contribution >= 0.6 is 0 Å². The Morgan fingerprint density at radius 1 is 1.44 bits per heavy atom. The van der Waals surface area contributed by atoms with E-state index in [2.05, 4.69) is 19.2 Å². The second-order valence-corrected chi connectivity index (χ2v) is 5.27. The van der Waals surface area contributed by atoms with Crippen LogP contribution < -0.4 is 5.32 Å². The lowest BCUT2D eigenvalue weighted by Crippen LogP contribution is -2.46. The summed E-state index contributed by atoms with van der Waals surface area (Å²) in [5, 5.41) is 12.8. The largest absolute Gasteiger partial charge is 0.394 e. The fraction of sp³-hybridized carbons (Fsp3) is 1.00. The van der Waals surface area contributed by atoms with Crippen LogP contribution in [0.25, 0.3) is 0 Å². The van der Waals surface area contributed by atoms with Crippen LogP contribution in [0.2, 0.25) is 0 Å². The van der Waals surface area contributed by atoms with Gasteiger partial charge in [0.15, 0.2) is 0 Å². The molecule has 1 fully saturated rings. The van der Waals surface area contributed by atoms with E-state index in [1.807, 2.05) is 0 Å². The molecule has 1 rings (SSSR count). The highest BCUT2D eigenvalue weighted by atomic mass is 16.5. The third kappa shape index (κ3) is 5.83. The van der Waals surface area contributed by atoms with Crippen LogP contribution in [0, 0.1) is 5.92 Å². The molecule has 16 heavy (non-hydrogen) atoms. The normalized spacial score (nSPS) is 19.7. The molecule has 0 amide bonds. The molecule has 3 nitrogen and oxygen atoms in total. The van der Waals surface area contributed by atoms with E-state index in [1.165, 1.54) is 12.8 Å². The maximum Gasteiger partial charge on any atom is 0.0610 e. The number of nitrogens with one attached hydrogen (secondary N) is 1. The van der Waals surface area contributed by atoms with Crippen molar-refractivity contribution in [3.8, 4) is 0 Å². The highest BCUT2D eigenvalue weighted by Crippen LogP contribution is 2.28. The van der Waals surface area contributed by atoms with Gasteiger partial charge in [0.05, 0.1) is 6.61 Å². The number of hydrogen-bond acceptors (Lipinski definition) is 3. The summed E-state index contributed by atoms with van der Waals surface area (Å²) in [4.78, 5) is 0. The van der Waals surface area contributed by atoms with Crippen molar-refractivity contribution in [2.75, 3.05) is 26.4 Å². The van der Waals surface area contributed by atoms with Gasteiger partial charge in [0.1, 0.15) is 0 Å². The molecular weight excluding hydrogens is 202 g/mol. The van der Waals surface area contributed by atoms with E-state index in [4.69, 9.17) is 4.74 Å². The van der Waals surface area contributed by atoms with Gasteiger partial charge in [0.25, 0.3) is 0 Å². The smallest absolute Gasteiger partial charge is 0.0610 e. The standard InChI is InChI=1S/C13H27NO2/c1-3-8-14-13(2,11-15)7-4-9-16-10-12-5-6-12/h12,14-15H,3-11H2,1-2H3. The van der Waals surface area contributed by atoms with E-state index in [1.54, 1.807) is 0 Å². The highest BCUT2D eigenvalue weighted by molar-refractivity contribution is 4.81. The molecule has 0 bridgehead atoms. The maximum absolute atomic E-state index is 9.36. The first-order valence-electron chi connectivity index (χ1n) is 6.64. The molecule has 3 heteroatoms. The lowest BCUT2D eigenvalue weighted by molar-refractivity contribution is 0.103. The fourth-order valence-corrected chi connectivity index (χ4v) is 1.75. The number of ether oxygens (including phenoxy) is 1. The summed E-state index contributed by atoms with van der Waals surface area (Å²) in [6, 6.07) is 0. The summed E-state index contributed by atoms with van der Waals surface area (Å²) >= 11 is 0. The third-order valence-electron chi connectivity index (χ3n) is 3.22. The summed E-state index contributed by atoms with van der Waals surface area (Å²) in [5.74, 6) is 0.849. The predicted octanol–water partition coefficient (Wildman–Crippen LogP) is 1.94. The van der Waals surface area contributed by atoms with Crippen molar-refractivity contribution >= 4 is 0 Å². The minimum Gasteiger partial charge on any atom is -0.394 e. The van der Waals surface area contributed by atoms with Crippen LogP contribution in [0.1, 0.15) is 46.0 Å². The fourth-order valence-electron chi connectivity index (χ4n) is 1.75. The summed E-state index contributed by atoms with van der Waals surface area (Å²) in [7, 11) is 0. The number of aliphatic hydroxyl groups excluding tert-OH is 1. The lowest BCUT2D eigenvalue weighted by atomic mass is 9.97.